The minimum Gasteiger partial charge on any atom is -0.462 e. The van der Waals surface area contributed by atoms with Gasteiger partial charge < -0.3 is 33.8 Å². The Morgan fingerprint density at radius 1 is 0.303 bits per heavy atom. The number of aliphatic hydroxyl groups excluding tert-OH is 1. The third-order valence-corrected chi connectivity index (χ3v) is 18.2. The first-order valence-electron chi connectivity index (χ1n) is 36.6. The average Bonchev–Trinajstić information content (AvgIpc) is 3.53. The molecule has 0 radical (unpaired) electrons. The third kappa shape index (κ3) is 64.6. The van der Waals surface area contributed by atoms with Gasteiger partial charge in [0.25, 0.3) is 0 Å². The lowest BCUT2D eigenvalue weighted by Crippen LogP contribution is -2.30. The molecule has 0 saturated carbocycles. The fraction of sp³-hybridized carbons (Fsp3) is 0.943. The van der Waals surface area contributed by atoms with E-state index in [1.165, 1.54) is 180 Å². The topological polar surface area (TPSA) is 237 Å². The van der Waals surface area contributed by atoms with Gasteiger partial charge in [0.15, 0.2) is 12.2 Å². The van der Waals surface area contributed by atoms with Gasteiger partial charge in [0.05, 0.1) is 26.4 Å². The number of esters is 4. The van der Waals surface area contributed by atoms with Gasteiger partial charge in [0.2, 0.25) is 0 Å². The molecule has 0 aromatic carbocycles. The highest BCUT2D eigenvalue weighted by Crippen LogP contribution is 2.45. The molecule has 17 nitrogen and oxygen atoms in total. The molecule has 0 fully saturated rings. The van der Waals surface area contributed by atoms with Gasteiger partial charge in [-0.1, -0.05) is 311 Å². The summed E-state index contributed by atoms with van der Waals surface area (Å²) in [5.74, 6) is -1.34. The Kier molecular flexibility index (Phi) is 62.1. The second-order valence-corrected chi connectivity index (χ2v) is 28.7. The van der Waals surface area contributed by atoms with Crippen LogP contribution in [0.15, 0.2) is 0 Å². The Labute approximate surface area is 543 Å². The number of phosphoric acid groups is 2. The molecule has 3 N–H and O–H groups in total. The van der Waals surface area contributed by atoms with E-state index in [1.54, 1.807) is 0 Å². The normalized spacial score (nSPS) is 14.1. The highest BCUT2D eigenvalue weighted by Gasteiger charge is 2.30. The third-order valence-electron chi connectivity index (χ3n) is 16.3. The lowest BCUT2D eigenvalue weighted by molar-refractivity contribution is -0.161. The van der Waals surface area contributed by atoms with Crippen LogP contribution in [0.2, 0.25) is 0 Å². The van der Waals surface area contributed by atoms with Crippen molar-refractivity contribution in [1.29, 1.82) is 0 Å². The molecule has 0 aliphatic carbocycles. The van der Waals surface area contributed by atoms with Crippen molar-refractivity contribution in [1.82, 2.24) is 0 Å². The molecule has 0 rings (SSSR count). The summed E-state index contributed by atoms with van der Waals surface area (Å²) in [5.41, 5.74) is 0. The number of carbonyl (C=O) groups excluding carboxylic acids is 4. The molecule has 0 aromatic heterocycles. The second kappa shape index (κ2) is 63.5. The number of rotatable bonds is 70. The van der Waals surface area contributed by atoms with Crippen LogP contribution in [0.25, 0.3) is 0 Å². The summed E-state index contributed by atoms with van der Waals surface area (Å²) >= 11 is 0. The molecule has 0 heterocycles. The molecule has 0 amide bonds. The Morgan fingerprint density at radius 2 is 0.517 bits per heavy atom. The van der Waals surface area contributed by atoms with E-state index in [2.05, 4.69) is 34.6 Å². The number of hydrogen-bond acceptors (Lipinski definition) is 15. The van der Waals surface area contributed by atoms with Crippen molar-refractivity contribution >= 4 is 39.5 Å². The molecule has 528 valence electrons. The van der Waals surface area contributed by atoms with Gasteiger partial charge >= 0.3 is 39.5 Å². The van der Waals surface area contributed by atoms with Gasteiger partial charge in [-0.25, -0.2) is 9.13 Å². The SMILES string of the molecule is CCCCCCCCCCCCCCCCCCCCCC(=O)O[C@H](COC(=O)CCCCCCCCCCCCCCCC(C)C)COP(=O)(O)OC[C@@H](O)COP(=O)(O)OC[C@@H](COC(=O)CCCCCCC)OC(=O)CCCCCCCCCCC. The zero-order valence-electron chi connectivity index (χ0n) is 57.6. The highest BCUT2D eigenvalue weighted by molar-refractivity contribution is 7.47. The molecular formula is C70H136O17P2. The summed E-state index contributed by atoms with van der Waals surface area (Å²) < 4.78 is 68.0. The van der Waals surface area contributed by atoms with E-state index < -0.39 is 97.5 Å². The van der Waals surface area contributed by atoms with Crippen molar-refractivity contribution in [2.24, 2.45) is 5.92 Å². The average molecular weight is 1310 g/mol. The van der Waals surface area contributed by atoms with Crippen LogP contribution < -0.4 is 0 Å². The van der Waals surface area contributed by atoms with Gasteiger partial charge in [-0.2, -0.15) is 0 Å². The van der Waals surface area contributed by atoms with E-state index >= 15 is 0 Å². The standard InChI is InChI=1S/C70H136O17P2/c1-6-9-12-15-17-19-20-21-22-23-24-25-26-29-33-37-41-46-51-56-70(75)87-66(60-81-68(73)54-49-44-39-36-32-30-27-28-31-35-38-43-47-52-63(4)5)62-85-89(78,79)83-58-64(71)57-82-88(76,77)84-61-65(59-80-67(72)53-48-42-14-11-8-3)86-69(74)55-50-45-40-34-18-16-13-10-7-2/h63-66,71H,6-62H2,1-5H3,(H,76,77)(H,78,79)/t64-,65+,66+/m0/s1. The highest BCUT2D eigenvalue weighted by atomic mass is 31.2. The minimum atomic E-state index is -4.95. The molecule has 19 heteroatoms. The fourth-order valence-corrected chi connectivity index (χ4v) is 12.2. The maximum absolute atomic E-state index is 13.0. The number of ether oxygens (including phenoxy) is 4. The molecule has 89 heavy (non-hydrogen) atoms. The summed E-state index contributed by atoms with van der Waals surface area (Å²) in [5, 5.41) is 10.5. The van der Waals surface area contributed by atoms with Gasteiger partial charge in [-0.3, -0.25) is 37.3 Å². The quantitative estimate of drug-likeness (QED) is 0.0222. The predicted octanol–water partition coefficient (Wildman–Crippen LogP) is 20.1. The monoisotopic (exact) mass is 1310 g/mol. The largest absolute Gasteiger partial charge is 0.472 e. The molecule has 5 atom stereocenters. The smallest absolute Gasteiger partial charge is 0.462 e. The molecule has 0 aliphatic rings. The summed E-state index contributed by atoms with van der Waals surface area (Å²) in [4.78, 5) is 72.2. The number of unbranched alkanes of at least 4 members (excludes halogenated alkanes) is 42. The van der Waals surface area contributed by atoms with Crippen LogP contribution in [-0.2, 0) is 65.4 Å². The summed E-state index contributed by atoms with van der Waals surface area (Å²) in [7, 11) is -9.89. The van der Waals surface area contributed by atoms with E-state index in [0.29, 0.717) is 25.7 Å². The van der Waals surface area contributed by atoms with E-state index in [4.69, 9.17) is 37.0 Å². The molecule has 0 bridgehead atoms. The lowest BCUT2D eigenvalue weighted by atomic mass is 10.0. The van der Waals surface area contributed by atoms with Crippen molar-refractivity contribution in [2.75, 3.05) is 39.6 Å². The Morgan fingerprint density at radius 3 is 0.764 bits per heavy atom. The van der Waals surface area contributed by atoms with Crippen LogP contribution in [-0.4, -0.2) is 96.7 Å². The molecule has 0 aromatic rings. The molecular weight excluding hydrogens is 1170 g/mol. The van der Waals surface area contributed by atoms with Crippen molar-refractivity contribution in [2.45, 2.75) is 380 Å². The maximum Gasteiger partial charge on any atom is 0.472 e. The van der Waals surface area contributed by atoms with Gasteiger partial charge in [0.1, 0.15) is 19.3 Å². The van der Waals surface area contributed by atoms with Crippen LogP contribution in [0.1, 0.15) is 362 Å². The van der Waals surface area contributed by atoms with Gasteiger partial charge in [0, 0.05) is 25.7 Å². The maximum atomic E-state index is 13.0. The summed E-state index contributed by atoms with van der Waals surface area (Å²) in [6.07, 6.45) is 50.5. The number of phosphoric ester groups is 2. The molecule has 0 aliphatic heterocycles. The van der Waals surface area contributed by atoms with Crippen LogP contribution in [0, 0.1) is 5.92 Å². The molecule has 0 saturated heterocycles. The van der Waals surface area contributed by atoms with Crippen LogP contribution in [0.5, 0.6) is 0 Å². The van der Waals surface area contributed by atoms with Gasteiger partial charge in [-0.05, 0) is 31.6 Å². The molecule has 2 unspecified atom stereocenters. The summed E-state index contributed by atoms with van der Waals surface area (Å²) in [6, 6.07) is 0. The van der Waals surface area contributed by atoms with Gasteiger partial charge in [-0.15, -0.1) is 0 Å². The number of carbonyl (C=O) groups is 4. The Balaban J connectivity index is 5.13. The Bertz CT molecular complexity index is 1720. The zero-order valence-corrected chi connectivity index (χ0v) is 59.4. The zero-order chi connectivity index (χ0) is 65.6. The van der Waals surface area contributed by atoms with Crippen LogP contribution in [0.3, 0.4) is 0 Å². The van der Waals surface area contributed by atoms with Crippen LogP contribution in [0.4, 0.5) is 0 Å². The predicted molar refractivity (Wildman–Crippen MR) is 358 cm³/mol. The second-order valence-electron chi connectivity index (χ2n) is 25.7. The van der Waals surface area contributed by atoms with Crippen molar-refractivity contribution in [3.05, 3.63) is 0 Å². The van der Waals surface area contributed by atoms with Crippen molar-refractivity contribution in [3.63, 3.8) is 0 Å². The van der Waals surface area contributed by atoms with Crippen molar-refractivity contribution < 1.29 is 80.2 Å². The summed E-state index contributed by atoms with van der Waals surface area (Å²) in [6.45, 7) is 7.16. The Hall–Kier alpha value is -1.94. The lowest BCUT2D eigenvalue weighted by Gasteiger charge is -2.21. The van der Waals surface area contributed by atoms with E-state index in [9.17, 15) is 43.2 Å². The van der Waals surface area contributed by atoms with E-state index in [1.807, 2.05) is 0 Å². The molecule has 0 spiro atoms. The minimum absolute atomic E-state index is 0.105. The van der Waals surface area contributed by atoms with E-state index in [0.717, 1.165) is 102 Å². The fourth-order valence-electron chi connectivity index (χ4n) is 10.6. The van der Waals surface area contributed by atoms with Crippen LogP contribution >= 0.6 is 15.6 Å². The number of hydrogen-bond donors (Lipinski definition) is 3. The number of aliphatic hydroxyl groups is 1. The first kappa shape index (κ1) is 87.1. The van der Waals surface area contributed by atoms with Crippen molar-refractivity contribution in [3.8, 4) is 0 Å². The first-order valence-corrected chi connectivity index (χ1v) is 39.6. The first-order chi connectivity index (χ1) is 43.0. The van der Waals surface area contributed by atoms with E-state index in [-0.39, 0.29) is 25.7 Å².